The maximum absolute atomic E-state index is 13.9. The fraction of sp³-hybridized carbons (Fsp3) is 0.440. The monoisotopic (exact) mass is 525 g/mol. The first-order valence-electron chi connectivity index (χ1n) is 11.6. The van der Waals surface area contributed by atoms with Crippen molar-refractivity contribution in [2.24, 2.45) is 0 Å². The fourth-order valence-corrected chi connectivity index (χ4v) is 4.42. The number of rotatable bonds is 12. The van der Waals surface area contributed by atoms with E-state index in [0.29, 0.717) is 28.1 Å². The van der Waals surface area contributed by atoms with E-state index < -0.39 is 40.2 Å². The van der Waals surface area contributed by atoms with Crippen LogP contribution in [0.5, 0.6) is 5.75 Å². The van der Waals surface area contributed by atoms with E-state index in [1.54, 1.807) is 31.2 Å². The number of nitrogens with one attached hydrogen (secondary N) is 1. The first kappa shape index (κ1) is 29.0. The van der Waals surface area contributed by atoms with E-state index in [0.717, 1.165) is 18.4 Å². The molecule has 0 fully saturated rings. The smallest absolute Gasteiger partial charge is 0.244 e. The van der Waals surface area contributed by atoms with Gasteiger partial charge in [0.05, 0.1) is 19.1 Å². The number of anilines is 1. The van der Waals surface area contributed by atoms with Gasteiger partial charge in [0.15, 0.2) is 11.6 Å². The number of methoxy groups -OCH3 is 1. The summed E-state index contributed by atoms with van der Waals surface area (Å²) in [5, 5.41) is 2.87. The average molecular weight is 526 g/mol. The molecule has 0 aliphatic carbocycles. The number of carbonyl (C=O) groups is 2. The third-order valence-corrected chi connectivity index (χ3v) is 6.88. The Labute approximate surface area is 211 Å². The zero-order chi connectivity index (χ0) is 27.0. The molecule has 0 aliphatic heterocycles. The van der Waals surface area contributed by atoms with Crippen molar-refractivity contribution in [3.8, 4) is 5.75 Å². The van der Waals surface area contributed by atoms with Crippen molar-refractivity contribution < 1.29 is 31.5 Å². The van der Waals surface area contributed by atoms with E-state index in [1.165, 1.54) is 12.0 Å². The van der Waals surface area contributed by atoms with Crippen LogP contribution in [-0.4, -0.2) is 57.1 Å². The van der Waals surface area contributed by atoms with Crippen LogP contribution in [0.3, 0.4) is 0 Å². The predicted octanol–water partition coefficient (Wildman–Crippen LogP) is 3.46. The maximum atomic E-state index is 13.9. The Kier molecular flexibility index (Phi) is 10.2. The molecule has 1 N–H and O–H groups in total. The van der Waals surface area contributed by atoms with Crippen LogP contribution >= 0.6 is 0 Å². The van der Waals surface area contributed by atoms with Crippen molar-refractivity contribution in [1.82, 2.24) is 10.2 Å². The Morgan fingerprint density at radius 2 is 1.75 bits per heavy atom. The number of amides is 2. The molecule has 0 spiro atoms. The lowest BCUT2D eigenvalue weighted by Gasteiger charge is -2.33. The molecule has 2 unspecified atom stereocenters. The fourth-order valence-electron chi connectivity index (χ4n) is 3.58. The van der Waals surface area contributed by atoms with Crippen LogP contribution in [-0.2, 0) is 26.2 Å². The molecule has 2 atom stereocenters. The molecule has 0 bridgehead atoms. The Hall–Kier alpha value is -3.21. The second kappa shape index (κ2) is 12.7. The number of benzene rings is 2. The van der Waals surface area contributed by atoms with Gasteiger partial charge < -0.3 is 15.0 Å². The number of hydrogen-bond acceptors (Lipinski definition) is 5. The highest BCUT2D eigenvalue weighted by molar-refractivity contribution is 7.92. The quantitative estimate of drug-likeness (QED) is 0.458. The van der Waals surface area contributed by atoms with Gasteiger partial charge in [-0.1, -0.05) is 26.0 Å². The third kappa shape index (κ3) is 7.64. The lowest BCUT2D eigenvalue weighted by Crippen LogP contribution is -2.53. The minimum Gasteiger partial charge on any atom is -0.497 e. The van der Waals surface area contributed by atoms with Gasteiger partial charge in [-0.05, 0) is 49.6 Å². The zero-order valence-electron chi connectivity index (χ0n) is 21.1. The molecule has 2 rings (SSSR count). The van der Waals surface area contributed by atoms with Gasteiger partial charge in [0.25, 0.3) is 0 Å². The third-order valence-electron chi connectivity index (χ3n) is 5.74. The highest BCUT2D eigenvalue weighted by Crippen LogP contribution is 2.22. The van der Waals surface area contributed by atoms with Crippen molar-refractivity contribution >= 4 is 27.5 Å². The van der Waals surface area contributed by atoms with Crippen LogP contribution in [0.15, 0.2) is 42.5 Å². The second-order valence-electron chi connectivity index (χ2n) is 8.48. The maximum Gasteiger partial charge on any atom is 0.244 e. The summed E-state index contributed by atoms with van der Waals surface area (Å²) in [6.07, 6.45) is 1.81. The Morgan fingerprint density at radius 3 is 2.31 bits per heavy atom. The summed E-state index contributed by atoms with van der Waals surface area (Å²) in [6, 6.07) is 8.48. The predicted molar refractivity (Wildman–Crippen MR) is 134 cm³/mol. The summed E-state index contributed by atoms with van der Waals surface area (Å²) in [5.41, 5.74) is 0.458. The lowest BCUT2D eigenvalue weighted by molar-refractivity contribution is -0.140. The lowest BCUT2D eigenvalue weighted by atomic mass is 10.1. The summed E-state index contributed by atoms with van der Waals surface area (Å²) in [4.78, 5) is 28.0. The summed E-state index contributed by atoms with van der Waals surface area (Å²) in [7, 11) is -2.56. The zero-order valence-corrected chi connectivity index (χ0v) is 21.9. The van der Waals surface area contributed by atoms with E-state index in [1.807, 2.05) is 13.8 Å². The number of hydrogen-bond donors (Lipinski definition) is 1. The number of nitrogens with zero attached hydrogens (tertiary/aromatic N) is 2. The summed E-state index contributed by atoms with van der Waals surface area (Å²) in [6.45, 7) is 4.79. The Morgan fingerprint density at radius 1 is 1.06 bits per heavy atom. The highest BCUT2D eigenvalue weighted by Gasteiger charge is 2.32. The molecule has 0 aliphatic rings. The molecule has 8 nitrogen and oxygen atoms in total. The van der Waals surface area contributed by atoms with Gasteiger partial charge in [-0.25, -0.2) is 17.2 Å². The largest absolute Gasteiger partial charge is 0.497 e. The van der Waals surface area contributed by atoms with E-state index >= 15 is 0 Å². The number of sulfonamides is 1. The van der Waals surface area contributed by atoms with E-state index in [-0.39, 0.29) is 30.6 Å². The number of halogens is 2. The van der Waals surface area contributed by atoms with Gasteiger partial charge in [0.1, 0.15) is 18.3 Å². The molecule has 11 heteroatoms. The second-order valence-corrected chi connectivity index (χ2v) is 10.4. The molecule has 0 aromatic heterocycles. The van der Waals surface area contributed by atoms with Crippen LogP contribution < -0.4 is 14.4 Å². The molecule has 36 heavy (non-hydrogen) atoms. The van der Waals surface area contributed by atoms with Crippen LogP contribution in [0.1, 0.15) is 39.2 Å². The van der Waals surface area contributed by atoms with Crippen molar-refractivity contribution in [1.29, 1.82) is 0 Å². The Bertz CT molecular complexity index is 1180. The molecular weight excluding hydrogens is 492 g/mol. The van der Waals surface area contributed by atoms with Crippen LogP contribution in [0, 0.1) is 11.6 Å². The summed E-state index contributed by atoms with van der Waals surface area (Å²) in [5.74, 6) is -2.90. The minimum absolute atomic E-state index is 0.00214. The Balaban J connectivity index is 2.47. The number of carbonyl (C=O) groups excluding carboxylic acids is 2. The van der Waals surface area contributed by atoms with E-state index in [2.05, 4.69) is 5.32 Å². The van der Waals surface area contributed by atoms with Crippen LogP contribution in [0.4, 0.5) is 14.5 Å². The van der Waals surface area contributed by atoms with Crippen molar-refractivity contribution in [3.05, 3.63) is 59.7 Å². The average Bonchev–Trinajstić information content (AvgIpc) is 2.83. The van der Waals surface area contributed by atoms with E-state index in [4.69, 9.17) is 4.74 Å². The van der Waals surface area contributed by atoms with Crippen molar-refractivity contribution in [3.63, 3.8) is 0 Å². The summed E-state index contributed by atoms with van der Waals surface area (Å²) < 4.78 is 58.3. The minimum atomic E-state index is -4.06. The standard InChI is InChI=1S/C25H33F2N3O5S/c1-6-17(3)28-25(32)23(7-2)29(15-18-9-8-10-20(13-18)35-4)24(31)16-30(36(5,33)34)19-11-12-21(26)22(27)14-19/h8-14,17,23H,6-7,15-16H2,1-5H3,(H,28,32). The van der Waals surface area contributed by atoms with Crippen molar-refractivity contribution in [2.75, 3.05) is 24.2 Å². The summed E-state index contributed by atoms with van der Waals surface area (Å²) >= 11 is 0. The molecule has 2 aromatic carbocycles. The van der Waals surface area contributed by atoms with Gasteiger partial charge in [0.2, 0.25) is 21.8 Å². The normalized spacial score (nSPS) is 13.0. The van der Waals surface area contributed by atoms with Gasteiger partial charge in [-0.15, -0.1) is 0 Å². The first-order valence-corrected chi connectivity index (χ1v) is 13.4. The molecule has 0 saturated heterocycles. The van der Waals surface area contributed by atoms with Crippen molar-refractivity contribution in [2.45, 2.75) is 52.2 Å². The first-order chi connectivity index (χ1) is 16.9. The van der Waals surface area contributed by atoms with Gasteiger partial charge in [-0.3, -0.25) is 13.9 Å². The molecule has 0 heterocycles. The molecule has 0 saturated carbocycles. The SMILES string of the molecule is CCC(C)NC(=O)C(CC)N(Cc1cccc(OC)c1)C(=O)CN(c1ccc(F)c(F)c1)S(C)(=O)=O. The number of ether oxygens (including phenoxy) is 1. The van der Waals surface area contributed by atoms with Gasteiger partial charge in [0, 0.05) is 18.7 Å². The van der Waals surface area contributed by atoms with Crippen LogP contribution in [0.2, 0.25) is 0 Å². The molecule has 0 radical (unpaired) electrons. The van der Waals surface area contributed by atoms with E-state index in [9.17, 15) is 26.8 Å². The topological polar surface area (TPSA) is 96.0 Å². The van der Waals surface area contributed by atoms with Crippen LogP contribution in [0.25, 0.3) is 0 Å². The molecule has 2 aromatic rings. The molecular formula is C25H33F2N3O5S. The molecule has 2 amide bonds. The van der Waals surface area contributed by atoms with Gasteiger partial charge in [-0.2, -0.15) is 0 Å². The highest BCUT2D eigenvalue weighted by atomic mass is 32.2. The molecule has 198 valence electrons. The van der Waals surface area contributed by atoms with Gasteiger partial charge >= 0.3 is 0 Å².